The molecule has 0 spiro atoms. The molecule has 1 N–H and O–H groups in total. The van der Waals surface area contributed by atoms with Gasteiger partial charge in [-0.2, -0.15) is 0 Å². The van der Waals surface area contributed by atoms with Crippen LogP contribution in [0.3, 0.4) is 0 Å². The second-order valence-electron chi connectivity index (χ2n) is 7.06. The molecule has 0 aliphatic heterocycles. The Bertz CT molecular complexity index is 682. The minimum atomic E-state index is 0.0545. The van der Waals surface area contributed by atoms with Crippen molar-refractivity contribution in [3.8, 4) is 11.5 Å². The van der Waals surface area contributed by atoms with Gasteiger partial charge in [0.05, 0.1) is 12.6 Å². The van der Waals surface area contributed by atoms with E-state index in [2.05, 4.69) is 24.0 Å². The molecule has 1 atom stereocenters. The van der Waals surface area contributed by atoms with Crippen LogP contribution in [0.25, 0.3) is 0 Å². The van der Waals surface area contributed by atoms with Crippen molar-refractivity contribution in [3.05, 3.63) is 59.7 Å². The normalized spacial score (nSPS) is 12.4. The zero-order valence-electron chi connectivity index (χ0n) is 16.7. The summed E-state index contributed by atoms with van der Waals surface area (Å²) in [7, 11) is 0. The van der Waals surface area contributed by atoms with Crippen LogP contribution >= 0.6 is 0 Å². The fourth-order valence-corrected chi connectivity index (χ4v) is 2.98. The Kier molecular flexibility index (Phi) is 9.47. The molecule has 0 heterocycles. The Hall–Kier alpha value is -2.29. The Balaban J connectivity index is 1.75. The largest absolute Gasteiger partial charge is 0.507 e. The standard InChI is InChI=1S/C24H33NO2/c1-3-4-5-6-7-8-12-17-27-23-16-15-22(24(26)18-23)19-25-20(2)21-13-10-9-11-14-21/h9-11,13-16,18-20,26H,3-8,12,17H2,1-2H3/t20-/m0/s1. The first-order chi connectivity index (χ1) is 13.2. The van der Waals surface area contributed by atoms with Crippen molar-refractivity contribution in [2.75, 3.05) is 6.61 Å². The van der Waals surface area contributed by atoms with Crippen molar-refractivity contribution >= 4 is 6.21 Å². The number of aliphatic imine (C=N–C) groups is 1. The second-order valence-corrected chi connectivity index (χ2v) is 7.06. The van der Waals surface area contributed by atoms with Gasteiger partial charge in [-0.1, -0.05) is 75.8 Å². The van der Waals surface area contributed by atoms with Gasteiger partial charge in [0, 0.05) is 17.8 Å². The van der Waals surface area contributed by atoms with Gasteiger partial charge in [-0.15, -0.1) is 0 Å². The molecule has 3 nitrogen and oxygen atoms in total. The lowest BCUT2D eigenvalue weighted by atomic mass is 10.1. The Morgan fingerprint density at radius 1 is 0.963 bits per heavy atom. The predicted molar refractivity (Wildman–Crippen MR) is 114 cm³/mol. The highest BCUT2D eigenvalue weighted by Gasteiger charge is 2.04. The third-order valence-corrected chi connectivity index (χ3v) is 4.74. The summed E-state index contributed by atoms with van der Waals surface area (Å²) in [5.41, 5.74) is 1.86. The van der Waals surface area contributed by atoms with Crippen molar-refractivity contribution in [3.63, 3.8) is 0 Å². The van der Waals surface area contributed by atoms with E-state index in [4.69, 9.17) is 4.74 Å². The SMILES string of the molecule is CCCCCCCCCOc1ccc(C=N[C@@H](C)c2ccccc2)c(O)c1. The molecule has 0 bridgehead atoms. The van der Waals surface area contributed by atoms with E-state index in [1.165, 1.54) is 38.5 Å². The third kappa shape index (κ3) is 7.86. The van der Waals surface area contributed by atoms with Crippen LogP contribution in [0.5, 0.6) is 11.5 Å². The van der Waals surface area contributed by atoms with Crippen molar-refractivity contribution in [2.24, 2.45) is 4.99 Å². The zero-order chi connectivity index (χ0) is 19.3. The number of hydrogen-bond acceptors (Lipinski definition) is 3. The van der Waals surface area contributed by atoms with Crippen LogP contribution in [-0.2, 0) is 0 Å². The maximum Gasteiger partial charge on any atom is 0.128 e. The minimum Gasteiger partial charge on any atom is -0.507 e. The summed E-state index contributed by atoms with van der Waals surface area (Å²) in [5.74, 6) is 0.919. The number of unbranched alkanes of at least 4 members (excludes halogenated alkanes) is 6. The molecule has 0 aliphatic rings. The van der Waals surface area contributed by atoms with Crippen LogP contribution in [0, 0.1) is 0 Å². The van der Waals surface area contributed by atoms with Crippen LogP contribution < -0.4 is 4.74 Å². The molecule has 27 heavy (non-hydrogen) atoms. The summed E-state index contributed by atoms with van der Waals surface area (Å²) in [4.78, 5) is 4.55. The van der Waals surface area contributed by atoms with Crippen molar-refractivity contribution < 1.29 is 9.84 Å². The van der Waals surface area contributed by atoms with E-state index in [0.717, 1.165) is 12.0 Å². The number of phenolic OH excluding ortho intramolecular Hbond substituents is 1. The molecule has 2 aromatic rings. The molecule has 0 aromatic heterocycles. The maximum atomic E-state index is 10.2. The molecule has 2 aromatic carbocycles. The van der Waals surface area contributed by atoms with Gasteiger partial charge in [0.15, 0.2) is 0 Å². The van der Waals surface area contributed by atoms with Crippen LogP contribution in [0.4, 0.5) is 0 Å². The summed E-state index contributed by atoms with van der Waals surface area (Å²) in [5, 5.41) is 10.2. The number of rotatable bonds is 12. The molecular weight excluding hydrogens is 334 g/mol. The Morgan fingerprint density at radius 3 is 2.37 bits per heavy atom. The molecule has 0 aliphatic carbocycles. The van der Waals surface area contributed by atoms with Crippen LogP contribution in [0.1, 0.15) is 76.0 Å². The Labute approximate surface area is 164 Å². The monoisotopic (exact) mass is 367 g/mol. The smallest absolute Gasteiger partial charge is 0.128 e. The van der Waals surface area contributed by atoms with E-state index in [0.29, 0.717) is 17.9 Å². The number of aromatic hydroxyl groups is 1. The topological polar surface area (TPSA) is 41.8 Å². The number of benzene rings is 2. The number of hydrogen-bond donors (Lipinski definition) is 1. The number of ether oxygens (including phenoxy) is 1. The highest BCUT2D eigenvalue weighted by Crippen LogP contribution is 2.24. The lowest BCUT2D eigenvalue weighted by molar-refractivity contribution is 0.302. The van der Waals surface area contributed by atoms with Crippen molar-refractivity contribution in [1.82, 2.24) is 0 Å². The quantitative estimate of drug-likeness (QED) is 0.335. The van der Waals surface area contributed by atoms with Gasteiger partial charge in [-0.05, 0) is 31.0 Å². The summed E-state index contributed by atoms with van der Waals surface area (Å²) in [6.45, 7) is 4.98. The maximum absolute atomic E-state index is 10.2. The van der Waals surface area contributed by atoms with Crippen LogP contribution in [0.15, 0.2) is 53.5 Å². The molecule has 0 saturated carbocycles. The number of phenols is 1. The van der Waals surface area contributed by atoms with Gasteiger partial charge in [-0.3, -0.25) is 4.99 Å². The summed E-state index contributed by atoms with van der Waals surface area (Å²) in [6.07, 6.45) is 10.6. The molecule has 0 radical (unpaired) electrons. The summed E-state index contributed by atoms with van der Waals surface area (Å²) < 4.78 is 5.76. The molecule has 0 unspecified atom stereocenters. The van der Waals surface area contributed by atoms with Gasteiger partial charge in [0.1, 0.15) is 11.5 Å². The average Bonchev–Trinajstić information content (AvgIpc) is 2.69. The minimum absolute atomic E-state index is 0.0545. The van der Waals surface area contributed by atoms with Gasteiger partial charge in [0.2, 0.25) is 0 Å². The summed E-state index contributed by atoms with van der Waals surface area (Å²) in [6, 6.07) is 15.6. The second kappa shape index (κ2) is 12.2. The van der Waals surface area contributed by atoms with E-state index >= 15 is 0 Å². The number of nitrogens with zero attached hydrogens (tertiary/aromatic N) is 1. The third-order valence-electron chi connectivity index (χ3n) is 4.74. The first-order valence-corrected chi connectivity index (χ1v) is 10.2. The lowest BCUT2D eigenvalue weighted by Gasteiger charge is -2.09. The van der Waals surface area contributed by atoms with Crippen LogP contribution in [0.2, 0.25) is 0 Å². The fraction of sp³-hybridized carbons (Fsp3) is 0.458. The zero-order valence-corrected chi connectivity index (χ0v) is 16.7. The van der Waals surface area contributed by atoms with E-state index in [-0.39, 0.29) is 11.8 Å². The van der Waals surface area contributed by atoms with E-state index < -0.39 is 0 Å². The highest BCUT2D eigenvalue weighted by molar-refractivity contribution is 5.83. The van der Waals surface area contributed by atoms with Gasteiger partial charge < -0.3 is 9.84 Å². The van der Waals surface area contributed by atoms with Crippen molar-refractivity contribution in [2.45, 2.75) is 64.8 Å². The predicted octanol–water partition coefficient (Wildman–Crippen LogP) is 6.70. The molecule has 0 amide bonds. The molecule has 0 fully saturated rings. The first-order valence-electron chi connectivity index (χ1n) is 10.2. The van der Waals surface area contributed by atoms with Gasteiger partial charge >= 0.3 is 0 Å². The molecule has 3 heteroatoms. The average molecular weight is 368 g/mol. The van der Waals surface area contributed by atoms with Gasteiger partial charge in [0.25, 0.3) is 0 Å². The van der Waals surface area contributed by atoms with Gasteiger partial charge in [-0.25, -0.2) is 0 Å². The summed E-state index contributed by atoms with van der Waals surface area (Å²) >= 11 is 0. The molecule has 2 rings (SSSR count). The lowest BCUT2D eigenvalue weighted by Crippen LogP contribution is -1.98. The Morgan fingerprint density at radius 2 is 1.67 bits per heavy atom. The first kappa shape index (κ1) is 21.0. The molecule has 0 saturated heterocycles. The van der Waals surface area contributed by atoms with E-state index in [1.54, 1.807) is 12.3 Å². The van der Waals surface area contributed by atoms with E-state index in [9.17, 15) is 5.11 Å². The van der Waals surface area contributed by atoms with E-state index in [1.807, 2.05) is 37.3 Å². The highest BCUT2D eigenvalue weighted by atomic mass is 16.5. The van der Waals surface area contributed by atoms with Crippen LogP contribution in [-0.4, -0.2) is 17.9 Å². The molecule has 146 valence electrons. The van der Waals surface area contributed by atoms with Crippen molar-refractivity contribution in [1.29, 1.82) is 0 Å². The fourth-order valence-electron chi connectivity index (χ4n) is 2.98. The molecular formula is C24H33NO2.